The molecule has 0 bridgehead atoms. The average Bonchev–Trinajstić information content (AvgIpc) is 3.41. The number of aromatic hydroxyl groups is 1. The molecule has 8 rings (SSSR count). The lowest BCUT2D eigenvalue weighted by molar-refractivity contribution is -0.141. The first-order valence-electron chi connectivity index (χ1n) is 18.1. The second kappa shape index (κ2) is 13.2. The number of likely N-dealkylation sites (tertiary alicyclic amines) is 1. The van der Waals surface area contributed by atoms with Crippen molar-refractivity contribution in [2.24, 2.45) is 23.7 Å². The number of carbonyl (C=O) groups excluding carboxylic acids is 4. The number of amides is 2. The van der Waals surface area contributed by atoms with E-state index in [9.17, 15) is 19.5 Å². The standard InChI is InChI=1S/C44H39NO7/c46-35-22-19-27-14-9-10-17-29(27)39(35)40-30-20-21-31-38(43(52)45(42(31)51)23-11-3-8-18-37(48)49)33(30)24-34-41(50)32(26-12-4-1-5-13-26)25-36(47)44(34,40)28-15-6-2-7-16-28/h1-2,4-7,9-10,12-17,19-20,22,25,31,33-34,38,40,46H,3,8,11,18,21,23-24H2,(H,48,49)/t31-,33+,34-,38-,40+,44-/m0/s1. The number of carboxylic acid groups (broad SMARTS) is 1. The largest absolute Gasteiger partial charge is 0.508 e. The number of fused-ring (bicyclic) bond motifs is 5. The molecular formula is C44H39NO7. The number of carboxylic acids is 1. The Bertz CT molecular complexity index is 2190. The van der Waals surface area contributed by atoms with Crippen molar-refractivity contribution in [1.82, 2.24) is 4.90 Å². The van der Waals surface area contributed by atoms with Gasteiger partial charge in [0.1, 0.15) is 5.75 Å². The normalized spacial score (nSPS) is 26.8. The molecule has 4 aliphatic rings. The third-order valence-corrected chi connectivity index (χ3v) is 12.0. The molecule has 2 N–H and O–H groups in total. The summed E-state index contributed by atoms with van der Waals surface area (Å²) in [6.07, 6.45) is 5.53. The fraction of sp³-hybridized carbons (Fsp3) is 0.295. The van der Waals surface area contributed by atoms with Crippen LogP contribution in [-0.2, 0) is 29.4 Å². The molecule has 6 atom stereocenters. The van der Waals surface area contributed by atoms with E-state index >= 15 is 9.59 Å². The summed E-state index contributed by atoms with van der Waals surface area (Å²) in [5, 5.41) is 22.5. The summed E-state index contributed by atoms with van der Waals surface area (Å²) in [6, 6.07) is 29.7. The van der Waals surface area contributed by atoms with Gasteiger partial charge >= 0.3 is 5.97 Å². The number of allylic oxidation sites excluding steroid dienone is 4. The molecule has 8 nitrogen and oxygen atoms in total. The van der Waals surface area contributed by atoms with Crippen LogP contribution < -0.4 is 0 Å². The number of rotatable bonds is 9. The Balaban J connectivity index is 1.32. The minimum Gasteiger partial charge on any atom is -0.508 e. The minimum atomic E-state index is -1.44. The zero-order chi connectivity index (χ0) is 36.1. The third-order valence-electron chi connectivity index (χ3n) is 12.0. The molecule has 1 saturated heterocycles. The molecule has 2 amide bonds. The third kappa shape index (κ3) is 5.14. The van der Waals surface area contributed by atoms with E-state index in [1.54, 1.807) is 6.07 Å². The number of hydrogen-bond donors (Lipinski definition) is 2. The van der Waals surface area contributed by atoms with Crippen molar-refractivity contribution in [2.45, 2.75) is 49.9 Å². The number of aliphatic carboxylic acids is 1. The van der Waals surface area contributed by atoms with Crippen molar-refractivity contribution in [3.8, 4) is 5.75 Å². The van der Waals surface area contributed by atoms with Crippen molar-refractivity contribution < 1.29 is 34.2 Å². The molecule has 8 heteroatoms. The number of benzene rings is 4. The van der Waals surface area contributed by atoms with Crippen molar-refractivity contribution in [2.75, 3.05) is 6.54 Å². The molecule has 1 saturated carbocycles. The topological polar surface area (TPSA) is 129 Å². The van der Waals surface area contributed by atoms with Gasteiger partial charge in [0.25, 0.3) is 0 Å². The number of nitrogens with zero attached hydrogens (tertiary/aromatic N) is 1. The Labute approximate surface area is 301 Å². The smallest absolute Gasteiger partial charge is 0.303 e. The van der Waals surface area contributed by atoms with E-state index in [-0.39, 0.29) is 48.5 Å². The molecule has 0 aromatic heterocycles. The zero-order valence-electron chi connectivity index (χ0n) is 28.6. The maximum Gasteiger partial charge on any atom is 0.303 e. The van der Waals surface area contributed by atoms with Crippen LogP contribution in [0.4, 0.5) is 0 Å². The summed E-state index contributed by atoms with van der Waals surface area (Å²) in [4.78, 5) is 71.1. The van der Waals surface area contributed by atoms with E-state index in [1.807, 2.05) is 97.1 Å². The second-order valence-electron chi connectivity index (χ2n) is 14.5. The van der Waals surface area contributed by atoms with Crippen LogP contribution in [0, 0.1) is 23.7 Å². The van der Waals surface area contributed by atoms with Crippen molar-refractivity contribution in [1.29, 1.82) is 0 Å². The van der Waals surface area contributed by atoms with E-state index in [2.05, 4.69) is 0 Å². The molecule has 4 aromatic rings. The first-order valence-corrected chi connectivity index (χ1v) is 18.1. The Hall–Kier alpha value is -5.63. The molecule has 0 unspecified atom stereocenters. The second-order valence-corrected chi connectivity index (χ2v) is 14.5. The first kappa shape index (κ1) is 33.5. The molecule has 4 aromatic carbocycles. The van der Waals surface area contributed by atoms with Crippen LogP contribution in [0.1, 0.15) is 61.1 Å². The SMILES string of the molecule is O=C(O)CCCCCN1C(=O)[C@H]2[C@H](CC=C3[C@H]2C[C@H]2C(=O)C(c4ccccc4)=CC(=O)[C@@]2(c2ccccc2)[C@H]3c2c(O)ccc3ccccc23)C1=O. The minimum absolute atomic E-state index is 0.00340. The predicted octanol–water partition coefficient (Wildman–Crippen LogP) is 7.01. The van der Waals surface area contributed by atoms with E-state index in [0.717, 1.165) is 16.3 Å². The molecule has 52 heavy (non-hydrogen) atoms. The molecule has 3 aliphatic carbocycles. The van der Waals surface area contributed by atoms with Crippen LogP contribution in [0.2, 0.25) is 0 Å². The molecule has 1 aliphatic heterocycles. The van der Waals surface area contributed by atoms with Crippen molar-refractivity contribution in [3.05, 3.63) is 131 Å². The van der Waals surface area contributed by atoms with Crippen molar-refractivity contribution >= 4 is 45.7 Å². The van der Waals surface area contributed by atoms with Gasteiger partial charge < -0.3 is 10.2 Å². The molecule has 1 heterocycles. The summed E-state index contributed by atoms with van der Waals surface area (Å²) in [7, 11) is 0. The molecule has 0 spiro atoms. The van der Waals surface area contributed by atoms with E-state index in [4.69, 9.17) is 5.11 Å². The van der Waals surface area contributed by atoms with E-state index < -0.39 is 41.0 Å². The summed E-state index contributed by atoms with van der Waals surface area (Å²) < 4.78 is 0. The average molecular weight is 694 g/mol. The fourth-order valence-electron chi connectivity index (χ4n) is 9.78. The first-order chi connectivity index (χ1) is 25.2. The van der Waals surface area contributed by atoms with Crippen LogP contribution >= 0.6 is 0 Å². The Morgan fingerprint density at radius 1 is 0.788 bits per heavy atom. The lowest BCUT2D eigenvalue weighted by Gasteiger charge is -2.55. The van der Waals surface area contributed by atoms with Gasteiger partial charge in [0.05, 0.1) is 17.3 Å². The van der Waals surface area contributed by atoms with E-state index in [0.29, 0.717) is 47.9 Å². The number of Topliss-reactive ketones (excluding diaryl/α,β-unsaturated/α-hetero) is 1. The Kier molecular flexibility index (Phi) is 8.48. The van der Waals surface area contributed by atoms with Crippen LogP contribution in [0.15, 0.2) is 115 Å². The quantitative estimate of drug-likeness (QED) is 0.110. The van der Waals surface area contributed by atoms with Gasteiger partial charge in [0.15, 0.2) is 11.6 Å². The van der Waals surface area contributed by atoms with Crippen LogP contribution in [0.3, 0.4) is 0 Å². The summed E-state index contributed by atoms with van der Waals surface area (Å²) in [5.41, 5.74) is 1.51. The number of hydrogen-bond acceptors (Lipinski definition) is 6. The highest BCUT2D eigenvalue weighted by atomic mass is 16.4. The molecule has 262 valence electrons. The lowest BCUT2D eigenvalue weighted by Crippen LogP contribution is -2.58. The van der Waals surface area contributed by atoms with Gasteiger partial charge in [0.2, 0.25) is 11.8 Å². The summed E-state index contributed by atoms with van der Waals surface area (Å²) in [5.74, 6) is -5.45. The van der Waals surface area contributed by atoms with E-state index in [1.165, 1.54) is 11.0 Å². The number of ketones is 2. The number of phenolic OH excluding ortho intramolecular Hbond substituents is 1. The monoisotopic (exact) mass is 693 g/mol. The molecule has 2 fully saturated rings. The molecular weight excluding hydrogens is 654 g/mol. The highest BCUT2D eigenvalue weighted by Gasteiger charge is 2.66. The predicted molar refractivity (Wildman–Crippen MR) is 195 cm³/mol. The van der Waals surface area contributed by atoms with Gasteiger partial charge in [-0.1, -0.05) is 109 Å². The summed E-state index contributed by atoms with van der Waals surface area (Å²) in [6.45, 7) is 0.204. The number of imide groups is 1. The number of carbonyl (C=O) groups is 5. The maximum absolute atomic E-state index is 15.3. The fourth-order valence-corrected chi connectivity index (χ4v) is 9.78. The van der Waals surface area contributed by atoms with Gasteiger partial charge in [-0.3, -0.25) is 28.9 Å². The zero-order valence-corrected chi connectivity index (χ0v) is 28.6. The van der Waals surface area contributed by atoms with Gasteiger partial charge in [-0.25, -0.2) is 0 Å². The van der Waals surface area contributed by atoms with Crippen LogP contribution in [-0.4, -0.2) is 51.0 Å². The summed E-state index contributed by atoms with van der Waals surface area (Å²) >= 11 is 0. The Morgan fingerprint density at radius 3 is 2.25 bits per heavy atom. The lowest BCUT2D eigenvalue weighted by atomic mass is 9.44. The Morgan fingerprint density at radius 2 is 1.50 bits per heavy atom. The van der Waals surface area contributed by atoms with Gasteiger partial charge in [-0.15, -0.1) is 0 Å². The number of unbranched alkanes of at least 4 members (excludes halogenated alkanes) is 2. The van der Waals surface area contributed by atoms with Crippen LogP contribution in [0.25, 0.3) is 16.3 Å². The van der Waals surface area contributed by atoms with Crippen LogP contribution in [0.5, 0.6) is 5.75 Å². The van der Waals surface area contributed by atoms with Crippen molar-refractivity contribution in [3.63, 3.8) is 0 Å². The van der Waals surface area contributed by atoms with Gasteiger partial charge in [-0.05, 0) is 65.6 Å². The van der Waals surface area contributed by atoms with Gasteiger partial charge in [-0.2, -0.15) is 0 Å². The highest BCUT2D eigenvalue weighted by molar-refractivity contribution is 6.32. The molecule has 0 radical (unpaired) electrons. The number of phenols is 1. The van der Waals surface area contributed by atoms with Gasteiger partial charge in [0, 0.05) is 35.9 Å². The highest BCUT2D eigenvalue weighted by Crippen LogP contribution is 2.65. The maximum atomic E-state index is 15.3.